The molecule has 0 radical (unpaired) electrons. The number of rotatable bonds is 2. The first-order valence-electron chi connectivity index (χ1n) is 6.38. The molecule has 1 fully saturated rings. The van der Waals surface area contributed by atoms with Crippen molar-refractivity contribution in [1.82, 2.24) is 15.5 Å². The fourth-order valence-electron chi connectivity index (χ4n) is 2.59. The van der Waals surface area contributed by atoms with Gasteiger partial charge in [0.05, 0.1) is 11.4 Å². The number of pyridine rings is 1. The highest BCUT2D eigenvalue weighted by molar-refractivity contribution is 5.66. The van der Waals surface area contributed by atoms with Crippen molar-refractivity contribution in [2.24, 2.45) is 0 Å². The minimum Gasteiger partial charge on any atom is -0.361 e. The fourth-order valence-corrected chi connectivity index (χ4v) is 2.59. The molecule has 0 spiro atoms. The summed E-state index contributed by atoms with van der Waals surface area (Å²) in [4.78, 5) is 4.57. The van der Waals surface area contributed by atoms with Crippen LogP contribution in [0.1, 0.15) is 36.0 Å². The second-order valence-electron chi connectivity index (χ2n) is 4.82. The fraction of sp³-hybridized carbons (Fsp3) is 0.429. The van der Waals surface area contributed by atoms with Crippen molar-refractivity contribution in [3.8, 4) is 11.1 Å². The molecular formula is C14H17N3O. The summed E-state index contributed by atoms with van der Waals surface area (Å²) >= 11 is 0. The Kier molecular flexibility index (Phi) is 2.88. The van der Waals surface area contributed by atoms with Gasteiger partial charge in [-0.25, -0.2) is 0 Å². The van der Waals surface area contributed by atoms with Gasteiger partial charge in [0.2, 0.25) is 0 Å². The number of hydrogen-bond donors (Lipinski definition) is 1. The normalized spacial score (nSPS) is 19.3. The molecule has 18 heavy (non-hydrogen) atoms. The number of hydrogen-bond acceptors (Lipinski definition) is 4. The van der Waals surface area contributed by atoms with Crippen molar-refractivity contribution in [2.75, 3.05) is 6.54 Å². The second kappa shape index (κ2) is 4.53. The van der Waals surface area contributed by atoms with Crippen LogP contribution in [0.4, 0.5) is 0 Å². The van der Waals surface area contributed by atoms with Crippen LogP contribution in [0.2, 0.25) is 0 Å². The summed E-state index contributed by atoms with van der Waals surface area (Å²) in [6.45, 7) is 4.98. The number of nitrogens with zero attached hydrogens (tertiary/aromatic N) is 2. The highest BCUT2D eigenvalue weighted by Gasteiger charge is 2.18. The first-order chi connectivity index (χ1) is 8.75. The maximum Gasteiger partial charge on any atom is 0.141 e. The summed E-state index contributed by atoms with van der Waals surface area (Å²) in [5, 5.41) is 7.43. The van der Waals surface area contributed by atoms with Crippen LogP contribution in [0.5, 0.6) is 0 Å². The van der Waals surface area contributed by atoms with E-state index in [4.69, 9.17) is 4.52 Å². The van der Waals surface area contributed by atoms with Crippen LogP contribution < -0.4 is 5.32 Å². The molecule has 0 aromatic carbocycles. The summed E-state index contributed by atoms with van der Waals surface area (Å²) in [5.74, 6) is 0.848. The Labute approximate surface area is 106 Å². The lowest BCUT2D eigenvalue weighted by molar-refractivity contribution is 0.393. The third-order valence-electron chi connectivity index (χ3n) is 3.53. The van der Waals surface area contributed by atoms with E-state index in [1.807, 2.05) is 20.0 Å². The van der Waals surface area contributed by atoms with E-state index in [1.54, 1.807) is 0 Å². The van der Waals surface area contributed by atoms with Gasteiger partial charge in [0.1, 0.15) is 5.76 Å². The summed E-state index contributed by atoms with van der Waals surface area (Å²) in [7, 11) is 0. The molecule has 0 amide bonds. The molecule has 94 valence electrons. The number of nitrogens with one attached hydrogen (secondary N) is 1. The van der Waals surface area contributed by atoms with E-state index < -0.39 is 0 Å². The number of aromatic nitrogens is 2. The molecule has 4 nitrogen and oxygen atoms in total. The van der Waals surface area contributed by atoms with E-state index in [0.717, 1.165) is 34.8 Å². The van der Waals surface area contributed by atoms with Crippen molar-refractivity contribution < 1.29 is 4.52 Å². The molecule has 0 bridgehead atoms. The molecule has 1 atom stereocenters. The van der Waals surface area contributed by atoms with E-state index in [0.29, 0.717) is 6.04 Å². The molecule has 1 aliphatic heterocycles. The van der Waals surface area contributed by atoms with Crippen LogP contribution in [-0.4, -0.2) is 16.7 Å². The molecule has 1 N–H and O–H groups in total. The molecule has 3 rings (SSSR count). The van der Waals surface area contributed by atoms with Gasteiger partial charge < -0.3 is 9.84 Å². The topological polar surface area (TPSA) is 51.0 Å². The third kappa shape index (κ3) is 1.93. The van der Waals surface area contributed by atoms with Crippen LogP contribution in [0.15, 0.2) is 22.9 Å². The minimum atomic E-state index is 0.420. The first-order valence-corrected chi connectivity index (χ1v) is 6.38. The molecule has 0 saturated carbocycles. The van der Waals surface area contributed by atoms with Gasteiger partial charge in [0.15, 0.2) is 0 Å². The molecule has 0 aliphatic carbocycles. The monoisotopic (exact) mass is 243 g/mol. The summed E-state index contributed by atoms with van der Waals surface area (Å²) in [5.41, 5.74) is 4.19. The van der Waals surface area contributed by atoms with Crippen molar-refractivity contribution in [3.05, 3.63) is 35.5 Å². The Morgan fingerprint density at radius 1 is 1.33 bits per heavy atom. The maximum atomic E-state index is 5.19. The van der Waals surface area contributed by atoms with E-state index in [-0.39, 0.29) is 0 Å². The lowest BCUT2D eigenvalue weighted by Gasteiger charge is -2.09. The lowest BCUT2D eigenvalue weighted by atomic mass is 10.0. The number of aryl methyl sites for hydroxylation is 2. The molecule has 0 unspecified atom stereocenters. The average Bonchev–Trinajstić information content (AvgIpc) is 3.01. The van der Waals surface area contributed by atoms with Crippen molar-refractivity contribution in [1.29, 1.82) is 0 Å². The Morgan fingerprint density at radius 2 is 2.22 bits per heavy atom. The molecular weight excluding hydrogens is 226 g/mol. The Morgan fingerprint density at radius 3 is 2.78 bits per heavy atom. The molecule has 1 saturated heterocycles. The average molecular weight is 243 g/mol. The maximum absolute atomic E-state index is 5.19. The molecule has 3 heterocycles. The van der Waals surface area contributed by atoms with Crippen molar-refractivity contribution >= 4 is 0 Å². The van der Waals surface area contributed by atoms with Crippen LogP contribution in [0.25, 0.3) is 11.1 Å². The van der Waals surface area contributed by atoms with Gasteiger partial charge in [0.25, 0.3) is 0 Å². The van der Waals surface area contributed by atoms with Crippen LogP contribution in [0.3, 0.4) is 0 Å². The highest BCUT2D eigenvalue weighted by Crippen LogP contribution is 2.28. The standard InChI is InChI=1S/C14H17N3O/c1-9-14(10(2)18-17-9)11-5-6-13(16-8-11)12-4-3-7-15-12/h5-6,8,12,15H,3-4,7H2,1-2H3/t12-/m1/s1. The van der Waals surface area contributed by atoms with Gasteiger partial charge >= 0.3 is 0 Å². The SMILES string of the molecule is Cc1noc(C)c1-c1ccc([C@H]2CCCN2)nc1. The zero-order valence-electron chi connectivity index (χ0n) is 10.7. The first kappa shape index (κ1) is 11.4. The molecule has 2 aromatic heterocycles. The zero-order valence-corrected chi connectivity index (χ0v) is 10.7. The van der Waals surface area contributed by atoms with E-state index in [1.165, 1.54) is 12.8 Å². The van der Waals surface area contributed by atoms with E-state index >= 15 is 0 Å². The quantitative estimate of drug-likeness (QED) is 0.881. The summed E-state index contributed by atoms with van der Waals surface area (Å²) < 4.78 is 5.19. The summed E-state index contributed by atoms with van der Waals surface area (Å²) in [6, 6.07) is 4.63. The lowest BCUT2D eigenvalue weighted by Crippen LogP contribution is -2.13. The van der Waals surface area contributed by atoms with Crippen LogP contribution in [-0.2, 0) is 0 Å². The Balaban J connectivity index is 1.91. The zero-order chi connectivity index (χ0) is 12.5. The van der Waals surface area contributed by atoms with Crippen molar-refractivity contribution in [2.45, 2.75) is 32.7 Å². The van der Waals surface area contributed by atoms with Crippen LogP contribution >= 0.6 is 0 Å². The predicted molar refractivity (Wildman–Crippen MR) is 69.2 cm³/mol. The van der Waals surface area contributed by atoms with Crippen molar-refractivity contribution in [3.63, 3.8) is 0 Å². The summed E-state index contributed by atoms with van der Waals surface area (Å²) in [6.07, 6.45) is 4.33. The predicted octanol–water partition coefficient (Wildman–Crippen LogP) is 2.78. The van der Waals surface area contributed by atoms with Gasteiger partial charge in [-0.2, -0.15) is 0 Å². The minimum absolute atomic E-state index is 0.420. The van der Waals surface area contributed by atoms with E-state index in [9.17, 15) is 0 Å². The van der Waals surface area contributed by atoms with Gasteiger partial charge in [-0.3, -0.25) is 4.98 Å². The Bertz CT molecular complexity index is 519. The van der Waals surface area contributed by atoms with Gasteiger partial charge in [-0.05, 0) is 39.3 Å². The third-order valence-corrected chi connectivity index (χ3v) is 3.53. The highest BCUT2D eigenvalue weighted by atomic mass is 16.5. The molecule has 1 aliphatic rings. The van der Waals surface area contributed by atoms with E-state index in [2.05, 4.69) is 27.6 Å². The van der Waals surface area contributed by atoms with Gasteiger partial charge in [0, 0.05) is 23.4 Å². The Hall–Kier alpha value is -1.68. The smallest absolute Gasteiger partial charge is 0.141 e. The van der Waals surface area contributed by atoms with Gasteiger partial charge in [-0.1, -0.05) is 11.2 Å². The largest absolute Gasteiger partial charge is 0.361 e. The van der Waals surface area contributed by atoms with Gasteiger partial charge in [-0.15, -0.1) is 0 Å². The second-order valence-corrected chi connectivity index (χ2v) is 4.82. The molecule has 2 aromatic rings. The van der Waals surface area contributed by atoms with Crippen LogP contribution in [0, 0.1) is 13.8 Å². The molecule has 4 heteroatoms.